The summed E-state index contributed by atoms with van der Waals surface area (Å²) in [7, 11) is 1.50. The molecule has 0 saturated carbocycles. The molecule has 7 nitrogen and oxygen atoms in total. The molecule has 2 aromatic rings. The molecule has 0 aliphatic rings. The largest absolute Gasteiger partial charge is 0.524 e. The summed E-state index contributed by atoms with van der Waals surface area (Å²) in [5, 5.41) is 6.46. The van der Waals surface area contributed by atoms with Gasteiger partial charge in [0.25, 0.3) is 5.91 Å². The number of halogens is 6. The van der Waals surface area contributed by atoms with E-state index in [0.29, 0.717) is 12.1 Å². The summed E-state index contributed by atoms with van der Waals surface area (Å²) >= 11 is 9.58. The van der Waals surface area contributed by atoms with E-state index >= 15 is 0 Å². The van der Waals surface area contributed by atoms with E-state index in [-0.39, 0.29) is 26.7 Å². The number of ether oxygens (including phenoxy) is 1. The van der Waals surface area contributed by atoms with Crippen LogP contribution in [0.15, 0.2) is 22.7 Å². The van der Waals surface area contributed by atoms with Gasteiger partial charge in [0.15, 0.2) is 5.82 Å². The molecule has 1 unspecified atom stereocenters. The molecule has 0 aliphatic heterocycles. The Morgan fingerprint density at radius 2 is 2.11 bits per heavy atom. The first-order valence-electron chi connectivity index (χ1n) is 7.38. The van der Waals surface area contributed by atoms with E-state index in [2.05, 4.69) is 40.5 Å². The highest BCUT2D eigenvalue weighted by atomic mass is 79.9. The van der Waals surface area contributed by atoms with Gasteiger partial charge >= 0.3 is 6.36 Å². The van der Waals surface area contributed by atoms with Crippen molar-refractivity contribution in [1.82, 2.24) is 14.5 Å². The minimum atomic E-state index is -4.77. The number of hydrogen-bond acceptors (Lipinski definition) is 6. The van der Waals surface area contributed by atoms with E-state index in [1.807, 2.05) is 0 Å². The molecule has 1 aromatic carbocycles. The third-order valence-electron chi connectivity index (χ3n) is 3.06. The summed E-state index contributed by atoms with van der Waals surface area (Å²) in [6, 6.07) is 3.69. The third-order valence-corrected chi connectivity index (χ3v) is 4.85. The second-order valence-corrected chi connectivity index (χ2v) is 7.09. The number of alkyl halides is 3. The van der Waals surface area contributed by atoms with Crippen LogP contribution in [0.25, 0.3) is 0 Å². The highest BCUT2D eigenvalue weighted by Crippen LogP contribution is 2.28. The van der Waals surface area contributed by atoms with Crippen LogP contribution in [0.5, 0.6) is 0 Å². The molecule has 0 radical (unpaired) electrons. The van der Waals surface area contributed by atoms with E-state index in [0.717, 1.165) is 6.07 Å². The maximum Gasteiger partial charge on any atom is 0.524 e. The standard InChI is InChI=1S/C14H13BrClF4N5O2S/c1-6(27-14(18,19)20)23-28-24-12-10(15)11(25(2)22-12)13(26)21-7-3-4-9(17)8(16)5-7/h3-6,23H,1-2H3,(H,21,26)(H,22,24). The van der Waals surface area contributed by atoms with Crippen LogP contribution in [0.3, 0.4) is 0 Å². The second-order valence-electron chi connectivity index (χ2n) is 5.25. The van der Waals surface area contributed by atoms with Gasteiger partial charge in [-0.3, -0.25) is 18.9 Å². The first-order chi connectivity index (χ1) is 13.0. The SMILES string of the molecule is CC(NSNc1nn(C)c(C(=O)Nc2ccc(F)c(Cl)c2)c1Br)OC(F)(F)F. The van der Waals surface area contributed by atoms with Crippen LogP contribution in [-0.2, 0) is 11.8 Å². The molecule has 1 amide bonds. The van der Waals surface area contributed by atoms with Gasteiger partial charge in [-0.2, -0.15) is 5.10 Å². The predicted molar refractivity (Wildman–Crippen MR) is 101 cm³/mol. The Kier molecular flexibility index (Phi) is 7.56. The molecule has 0 spiro atoms. The number of carbonyl (C=O) groups is 1. The first kappa shape index (κ1) is 22.7. The first-order valence-corrected chi connectivity index (χ1v) is 9.37. The lowest BCUT2D eigenvalue weighted by Crippen LogP contribution is -2.30. The van der Waals surface area contributed by atoms with Gasteiger partial charge in [-0.15, -0.1) is 13.2 Å². The molecule has 0 aliphatic carbocycles. The third kappa shape index (κ3) is 6.24. The van der Waals surface area contributed by atoms with Crippen molar-refractivity contribution in [2.45, 2.75) is 19.5 Å². The summed E-state index contributed by atoms with van der Waals surface area (Å²) in [6.45, 7) is 1.17. The fourth-order valence-electron chi connectivity index (χ4n) is 1.96. The minimum absolute atomic E-state index is 0.114. The Bertz CT molecular complexity index is 867. The number of benzene rings is 1. The Morgan fingerprint density at radius 1 is 1.43 bits per heavy atom. The van der Waals surface area contributed by atoms with E-state index < -0.39 is 24.3 Å². The van der Waals surface area contributed by atoms with Crippen molar-refractivity contribution in [2.75, 3.05) is 10.0 Å². The van der Waals surface area contributed by atoms with Gasteiger partial charge in [-0.25, -0.2) is 9.11 Å². The Morgan fingerprint density at radius 3 is 2.71 bits per heavy atom. The van der Waals surface area contributed by atoms with Crippen molar-refractivity contribution in [1.29, 1.82) is 0 Å². The maximum absolute atomic E-state index is 13.2. The van der Waals surface area contributed by atoms with Gasteiger partial charge in [0.2, 0.25) is 0 Å². The van der Waals surface area contributed by atoms with Crippen LogP contribution in [0, 0.1) is 5.82 Å². The quantitative estimate of drug-likeness (QED) is 0.288. The maximum atomic E-state index is 13.2. The molecular formula is C14H13BrClF4N5O2S. The van der Waals surface area contributed by atoms with Crippen molar-refractivity contribution >= 4 is 57.1 Å². The van der Waals surface area contributed by atoms with Crippen molar-refractivity contribution < 1.29 is 27.1 Å². The zero-order valence-electron chi connectivity index (χ0n) is 14.2. The Hall–Kier alpha value is -1.54. The van der Waals surface area contributed by atoms with Crippen molar-refractivity contribution in [3.63, 3.8) is 0 Å². The minimum Gasteiger partial charge on any atom is -0.321 e. The highest BCUT2D eigenvalue weighted by Gasteiger charge is 2.32. The fraction of sp³-hybridized carbons (Fsp3) is 0.286. The summed E-state index contributed by atoms with van der Waals surface area (Å²) in [5.41, 5.74) is 0.385. The zero-order valence-corrected chi connectivity index (χ0v) is 17.4. The Labute approximate surface area is 174 Å². The summed E-state index contributed by atoms with van der Waals surface area (Å²) in [5.74, 6) is -1.01. The molecule has 154 valence electrons. The van der Waals surface area contributed by atoms with Crippen LogP contribution in [0.4, 0.5) is 29.1 Å². The van der Waals surface area contributed by atoms with Gasteiger partial charge < -0.3 is 5.32 Å². The van der Waals surface area contributed by atoms with Crippen molar-refractivity contribution in [3.05, 3.63) is 39.2 Å². The zero-order chi connectivity index (χ0) is 21.1. The number of aromatic nitrogens is 2. The lowest BCUT2D eigenvalue weighted by Gasteiger charge is -2.15. The summed E-state index contributed by atoms with van der Waals surface area (Å²) in [6.07, 6.45) is -6.10. The average molecular weight is 507 g/mol. The fourth-order valence-corrected chi connectivity index (χ4v) is 3.40. The van der Waals surface area contributed by atoms with Crippen LogP contribution >= 0.6 is 39.7 Å². The molecule has 0 saturated heterocycles. The second kappa shape index (κ2) is 9.31. The van der Waals surface area contributed by atoms with E-state index in [9.17, 15) is 22.4 Å². The summed E-state index contributed by atoms with van der Waals surface area (Å²) < 4.78 is 59.8. The summed E-state index contributed by atoms with van der Waals surface area (Å²) in [4.78, 5) is 12.5. The number of anilines is 2. The van der Waals surface area contributed by atoms with Gasteiger partial charge in [0.05, 0.1) is 9.50 Å². The lowest BCUT2D eigenvalue weighted by molar-refractivity contribution is -0.341. The number of amides is 1. The van der Waals surface area contributed by atoms with E-state index in [1.165, 1.54) is 30.8 Å². The van der Waals surface area contributed by atoms with E-state index in [1.54, 1.807) is 0 Å². The van der Waals surface area contributed by atoms with Crippen molar-refractivity contribution in [2.24, 2.45) is 7.05 Å². The molecule has 0 bridgehead atoms. The lowest BCUT2D eigenvalue weighted by atomic mass is 10.3. The molecule has 2 rings (SSSR count). The number of nitrogens with one attached hydrogen (secondary N) is 3. The number of nitrogens with zero attached hydrogens (tertiary/aromatic N) is 2. The molecule has 3 N–H and O–H groups in total. The number of hydrogen-bond donors (Lipinski definition) is 3. The molecule has 0 fully saturated rings. The van der Waals surface area contributed by atoms with Crippen LogP contribution in [-0.4, -0.2) is 28.3 Å². The average Bonchev–Trinajstić information content (AvgIpc) is 2.83. The molecule has 14 heteroatoms. The topological polar surface area (TPSA) is 80.2 Å². The van der Waals surface area contributed by atoms with Gasteiger partial charge in [-0.1, -0.05) is 11.6 Å². The molecule has 1 atom stereocenters. The Balaban J connectivity index is 2.02. The molecule has 1 heterocycles. The smallest absolute Gasteiger partial charge is 0.321 e. The molecule has 28 heavy (non-hydrogen) atoms. The number of rotatable bonds is 7. The number of aryl methyl sites for hydroxylation is 1. The van der Waals surface area contributed by atoms with Gasteiger partial charge in [0, 0.05) is 24.9 Å². The van der Waals surface area contributed by atoms with Crippen LogP contribution in [0.2, 0.25) is 5.02 Å². The van der Waals surface area contributed by atoms with E-state index in [4.69, 9.17) is 11.6 Å². The normalized spacial score (nSPS) is 12.7. The highest BCUT2D eigenvalue weighted by molar-refractivity contribution is 9.10. The molecular weight excluding hydrogens is 494 g/mol. The monoisotopic (exact) mass is 505 g/mol. The van der Waals surface area contributed by atoms with Gasteiger partial charge in [0.1, 0.15) is 17.7 Å². The van der Waals surface area contributed by atoms with Crippen molar-refractivity contribution in [3.8, 4) is 0 Å². The van der Waals surface area contributed by atoms with Crippen LogP contribution < -0.4 is 14.8 Å². The van der Waals surface area contributed by atoms with Gasteiger partial charge in [-0.05, 0) is 41.1 Å². The molecule has 1 aromatic heterocycles. The van der Waals surface area contributed by atoms with Crippen LogP contribution in [0.1, 0.15) is 17.4 Å². The predicted octanol–water partition coefficient (Wildman–Crippen LogP) is 4.67. The number of carbonyl (C=O) groups excluding carboxylic acids is 1.